The van der Waals surface area contributed by atoms with Crippen molar-refractivity contribution in [2.24, 2.45) is 0 Å². The number of ether oxygens (including phenoxy) is 3. The van der Waals surface area contributed by atoms with Gasteiger partial charge in [0, 0.05) is 12.1 Å². The zero-order chi connectivity index (χ0) is 29.2. The standard InChI is InChI=1S/C35H37NO5/c1-5-31(25-9-7-6-8-10-25)35(26-11-16-29(17-12-26)40-22-21-36(2)3)27-13-18-30(19-14-27)41-24-33(38)28-15-20-32(37)34(23-28)39-4/h6-20,23,37H,5,21-22,24H2,1-4H3/b35-31+. The molecular weight excluding hydrogens is 514 g/mol. The van der Waals surface area contributed by atoms with Crippen molar-refractivity contribution in [3.8, 4) is 23.0 Å². The van der Waals surface area contributed by atoms with E-state index in [2.05, 4.69) is 48.2 Å². The number of allylic oxidation sites excluding steroid dienone is 1. The second-order valence-electron chi connectivity index (χ2n) is 9.87. The van der Waals surface area contributed by atoms with Crippen molar-refractivity contribution in [1.82, 2.24) is 4.90 Å². The fourth-order valence-corrected chi connectivity index (χ4v) is 4.54. The molecule has 4 rings (SSSR count). The summed E-state index contributed by atoms with van der Waals surface area (Å²) in [6.45, 7) is 3.52. The molecule has 0 radical (unpaired) electrons. The molecule has 4 aromatic carbocycles. The molecular formula is C35H37NO5. The number of hydrogen-bond acceptors (Lipinski definition) is 6. The Morgan fingerprint density at radius 3 is 1.90 bits per heavy atom. The van der Waals surface area contributed by atoms with E-state index in [0.717, 1.165) is 35.4 Å². The molecule has 0 saturated carbocycles. The minimum absolute atomic E-state index is 0.0159. The fraction of sp³-hybridized carbons (Fsp3) is 0.229. The Bertz CT molecular complexity index is 1460. The summed E-state index contributed by atoms with van der Waals surface area (Å²) in [5.41, 5.74) is 6.09. The topological polar surface area (TPSA) is 68.2 Å². The largest absolute Gasteiger partial charge is 0.504 e. The Morgan fingerprint density at radius 2 is 1.34 bits per heavy atom. The summed E-state index contributed by atoms with van der Waals surface area (Å²) in [5, 5.41) is 9.79. The molecule has 0 spiro atoms. The van der Waals surface area contributed by atoms with E-state index in [1.54, 1.807) is 6.07 Å². The first kappa shape index (κ1) is 29.4. The predicted octanol–water partition coefficient (Wildman–Crippen LogP) is 6.97. The van der Waals surface area contributed by atoms with Gasteiger partial charge in [-0.05, 0) is 90.8 Å². The first-order valence-electron chi connectivity index (χ1n) is 13.7. The number of phenolic OH excluding ortho intramolecular Hbond substituents is 1. The third-order valence-corrected chi connectivity index (χ3v) is 6.74. The van der Waals surface area contributed by atoms with Crippen LogP contribution in [0.2, 0.25) is 0 Å². The Labute approximate surface area is 242 Å². The molecule has 0 fully saturated rings. The van der Waals surface area contributed by atoms with Crippen LogP contribution in [0.15, 0.2) is 97.1 Å². The van der Waals surface area contributed by atoms with E-state index in [4.69, 9.17) is 14.2 Å². The Kier molecular flexibility index (Phi) is 10.2. The van der Waals surface area contributed by atoms with Gasteiger partial charge in [0.25, 0.3) is 0 Å². The first-order chi connectivity index (χ1) is 19.9. The second kappa shape index (κ2) is 14.2. The lowest BCUT2D eigenvalue weighted by molar-refractivity contribution is 0.0921. The van der Waals surface area contributed by atoms with Crippen LogP contribution in [0, 0.1) is 0 Å². The molecule has 0 amide bonds. The lowest BCUT2D eigenvalue weighted by atomic mass is 9.88. The molecule has 212 valence electrons. The summed E-state index contributed by atoms with van der Waals surface area (Å²) in [7, 11) is 5.50. The second-order valence-corrected chi connectivity index (χ2v) is 9.87. The predicted molar refractivity (Wildman–Crippen MR) is 164 cm³/mol. The number of likely N-dealkylation sites (N-methyl/N-ethyl adjacent to an activating group) is 1. The van der Waals surface area contributed by atoms with Crippen LogP contribution in [0.25, 0.3) is 11.1 Å². The van der Waals surface area contributed by atoms with Crippen LogP contribution >= 0.6 is 0 Å². The number of carbonyl (C=O) groups excluding carboxylic acids is 1. The van der Waals surface area contributed by atoms with E-state index in [9.17, 15) is 9.90 Å². The Hall–Kier alpha value is -4.55. The summed E-state index contributed by atoms with van der Waals surface area (Å²) in [6, 6.07) is 31.0. The molecule has 0 saturated heterocycles. The molecule has 0 aliphatic carbocycles. The Balaban J connectivity index is 1.58. The van der Waals surface area contributed by atoms with Crippen LogP contribution in [0.3, 0.4) is 0 Å². The third kappa shape index (κ3) is 7.77. The molecule has 1 N–H and O–H groups in total. The molecule has 0 aliphatic rings. The van der Waals surface area contributed by atoms with Gasteiger partial charge in [-0.25, -0.2) is 0 Å². The maximum atomic E-state index is 12.7. The van der Waals surface area contributed by atoms with Gasteiger partial charge in [0.1, 0.15) is 18.1 Å². The molecule has 0 bridgehead atoms. The number of rotatable bonds is 13. The summed E-state index contributed by atoms with van der Waals surface area (Å²) >= 11 is 0. The number of nitrogens with zero attached hydrogens (tertiary/aromatic N) is 1. The highest BCUT2D eigenvalue weighted by Gasteiger charge is 2.15. The van der Waals surface area contributed by atoms with Crippen molar-refractivity contribution in [2.75, 3.05) is 41.0 Å². The zero-order valence-corrected chi connectivity index (χ0v) is 24.1. The number of aromatic hydroxyl groups is 1. The molecule has 0 atom stereocenters. The maximum Gasteiger partial charge on any atom is 0.200 e. The lowest BCUT2D eigenvalue weighted by Crippen LogP contribution is -2.19. The average Bonchev–Trinajstić information content (AvgIpc) is 3.00. The van der Waals surface area contributed by atoms with Gasteiger partial charge in [-0.1, -0.05) is 61.5 Å². The van der Waals surface area contributed by atoms with E-state index < -0.39 is 0 Å². The van der Waals surface area contributed by atoms with E-state index >= 15 is 0 Å². The average molecular weight is 552 g/mol. The van der Waals surface area contributed by atoms with Crippen molar-refractivity contribution < 1.29 is 24.1 Å². The summed E-state index contributed by atoms with van der Waals surface area (Å²) in [6.07, 6.45) is 0.850. The summed E-state index contributed by atoms with van der Waals surface area (Å²) < 4.78 is 16.8. The minimum atomic E-state index is -0.210. The van der Waals surface area contributed by atoms with Gasteiger partial charge >= 0.3 is 0 Å². The highest BCUT2D eigenvalue weighted by Crippen LogP contribution is 2.36. The first-order valence-corrected chi connectivity index (χ1v) is 13.7. The van der Waals surface area contributed by atoms with E-state index in [0.29, 0.717) is 17.9 Å². The van der Waals surface area contributed by atoms with Crippen molar-refractivity contribution in [1.29, 1.82) is 0 Å². The van der Waals surface area contributed by atoms with Crippen molar-refractivity contribution in [3.63, 3.8) is 0 Å². The van der Waals surface area contributed by atoms with E-state index in [1.807, 2.05) is 56.6 Å². The molecule has 0 aromatic heterocycles. The summed E-state index contributed by atoms with van der Waals surface area (Å²) in [5.74, 6) is 1.45. The van der Waals surface area contributed by atoms with Gasteiger partial charge in [0.05, 0.1) is 7.11 Å². The number of carbonyl (C=O) groups is 1. The van der Waals surface area contributed by atoms with Crippen LogP contribution in [-0.2, 0) is 0 Å². The molecule has 6 heteroatoms. The molecule has 4 aromatic rings. The van der Waals surface area contributed by atoms with Crippen LogP contribution in [-0.4, -0.2) is 56.8 Å². The molecule has 41 heavy (non-hydrogen) atoms. The molecule has 6 nitrogen and oxygen atoms in total. The van der Waals surface area contributed by atoms with E-state index in [-0.39, 0.29) is 23.9 Å². The van der Waals surface area contributed by atoms with Crippen LogP contribution in [0.5, 0.6) is 23.0 Å². The smallest absolute Gasteiger partial charge is 0.200 e. The van der Waals surface area contributed by atoms with Gasteiger partial charge in [0.2, 0.25) is 0 Å². The van der Waals surface area contributed by atoms with Gasteiger partial charge in [-0.15, -0.1) is 0 Å². The van der Waals surface area contributed by atoms with E-state index in [1.165, 1.54) is 30.4 Å². The minimum Gasteiger partial charge on any atom is -0.504 e. The summed E-state index contributed by atoms with van der Waals surface area (Å²) in [4.78, 5) is 14.8. The number of methoxy groups -OCH3 is 1. The Morgan fingerprint density at radius 1 is 0.756 bits per heavy atom. The SMILES string of the molecule is CC/C(=C(/c1ccc(OCCN(C)C)cc1)c1ccc(OCC(=O)c2ccc(O)c(OC)c2)cc1)c1ccccc1. The number of ketones is 1. The third-order valence-electron chi connectivity index (χ3n) is 6.74. The van der Waals surface area contributed by atoms with Gasteiger partial charge in [0.15, 0.2) is 23.9 Å². The number of Topliss-reactive ketones (excluding diaryl/α,β-unsaturated/α-hetero) is 1. The van der Waals surface area contributed by atoms with Crippen molar-refractivity contribution >= 4 is 16.9 Å². The quantitative estimate of drug-likeness (QED) is 0.143. The molecule has 0 aliphatic heterocycles. The number of hydrogen-bond donors (Lipinski definition) is 1. The lowest BCUT2D eigenvalue weighted by Gasteiger charge is -2.17. The van der Waals surface area contributed by atoms with Crippen molar-refractivity contribution in [3.05, 3.63) is 119 Å². The van der Waals surface area contributed by atoms with Gasteiger partial charge in [-0.3, -0.25) is 4.79 Å². The monoisotopic (exact) mass is 551 g/mol. The van der Waals surface area contributed by atoms with Crippen LogP contribution in [0.4, 0.5) is 0 Å². The highest BCUT2D eigenvalue weighted by molar-refractivity contribution is 5.99. The molecule has 0 heterocycles. The fourth-order valence-electron chi connectivity index (χ4n) is 4.54. The van der Waals surface area contributed by atoms with Gasteiger partial charge < -0.3 is 24.2 Å². The number of benzene rings is 4. The van der Waals surface area contributed by atoms with Crippen LogP contribution in [0.1, 0.15) is 40.4 Å². The normalized spacial score (nSPS) is 11.6. The zero-order valence-electron chi connectivity index (χ0n) is 24.1. The highest BCUT2D eigenvalue weighted by atomic mass is 16.5. The molecule has 0 unspecified atom stereocenters. The van der Waals surface area contributed by atoms with Crippen molar-refractivity contribution in [2.45, 2.75) is 13.3 Å². The number of phenols is 1. The maximum absolute atomic E-state index is 12.7. The van der Waals surface area contributed by atoms with Gasteiger partial charge in [-0.2, -0.15) is 0 Å². The van der Waals surface area contributed by atoms with Crippen LogP contribution < -0.4 is 14.2 Å².